The van der Waals surface area contributed by atoms with E-state index in [1.165, 1.54) is 0 Å². The van der Waals surface area contributed by atoms with Gasteiger partial charge in [-0.3, -0.25) is 0 Å². The molecule has 4 aromatic rings. The second-order valence-corrected chi connectivity index (χ2v) is 7.35. The zero-order chi connectivity index (χ0) is 20.3. The van der Waals surface area contributed by atoms with Gasteiger partial charge in [0.1, 0.15) is 29.7 Å². The molecule has 1 fully saturated rings. The lowest BCUT2D eigenvalue weighted by atomic mass is 10.2. The highest BCUT2D eigenvalue weighted by Crippen LogP contribution is 2.29. The maximum atomic E-state index is 9.26. The van der Waals surface area contributed by atoms with Gasteiger partial charge >= 0.3 is 0 Å². The Kier molecular flexibility index (Phi) is 4.99. The Morgan fingerprint density at radius 1 is 0.933 bits per heavy atom. The van der Waals surface area contributed by atoms with Crippen LogP contribution < -0.4 is 14.4 Å². The summed E-state index contributed by atoms with van der Waals surface area (Å²) in [7, 11) is 0. The van der Waals surface area contributed by atoms with Crippen molar-refractivity contribution in [3.8, 4) is 11.5 Å². The van der Waals surface area contributed by atoms with Gasteiger partial charge in [0, 0.05) is 6.07 Å². The highest BCUT2D eigenvalue weighted by molar-refractivity contribution is 5.75. The first-order chi connectivity index (χ1) is 14.8. The molecule has 0 unspecified atom stereocenters. The molecule has 152 valence electrons. The Morgan fingerprint density at radius 2 is 1.77 bits per heavy atom. The molecule has 1 aliphatic rings. The Hall–Kier alpha value is -3.51. The fourth-order valence-corrected chi connectivity index (χ4v) is 3.43. The van der Waals surface area contributed by atoms with Crippen molar-refractivity contribution in [3.63, 3.8) is 0 Å². The van der Waals surface area contributed by atoms with Crippen molar-refractivity contribution in [2.45, 2.75) is 19.3 Å². The maximum absolute atomic E-state index is 9.26. The second-order valence-electron chi connectivity index (χ2n) is 7.35. The van der Waals surface area contributed by atoms with E-state index in [9.17, 15) is 5.11 Å². The summed E-state index contributed by atoms with van der Waals surface area (Å²) in [4.78, 5) is 6.56. The Morgan fingerprint density at radius 3 is 2.60 bits per heavy atom. The van der Waals surface area contributed by atoms with Gasteiger partial charge in [0.25, 0.3) is 6.01 Å². The molecule has 0 amide bonds. The lowest BCUT2D eigenvalue weighted by Crippen LogP contribution is -2.54. The van der Waals surface area contributed by atoms with Crippen molar-refractivity contribution in [2.24, 2.45) is 0 Å². The van der Waals surface area contributed by atoms with E-state index in [0.29, 0.717) is 31.3 Å². The number of nitrogens with zero attached hydrogens (tertiary/aromatic N) is 2. The summed E-state index contributed by atoms with van der Waals surface area (Å²) >= 11 is 0. The molecule has 0 radical (unpaired) electrons. The highest BCUT2D eigenvalue weighted by Gasteiger charge is 2.32. The van der Waals surface area contributed by atoms with Crippen LogP contribution in [0.15, 0.2) is 77.2 Å². The number of benzene rings is 3. The normalized spacial score (nSPS) is 14.0. The molecular formula is C24H22N2O4. The minimum Gasteiger partial charge on any atom is -0.489 e. The Labute approximate surface area is 174 Å². The average molecular weight is 402 g/mol. The predicted octanol–water partition coefficient (Wildman–Crippen LogP) is 4.17. The smallest absolute Gasteiger partial charge is 0.298 e. The van der Waals surface area contributed by atoms with Crippen LogP contribution in [0.1, 0.15) is 11.1 Å². The molecule has 1 aromatic heterocycles. The first-order valence-electron chi connectivity index (χ1n) is 9.95. The van der Waals surface area contributed by atoms with Crippen LogP contribution in [0.5, 0.6) is 11.5 Å². The number of anilines is 1. The van der Waals surface area contributed by atoms with E-state index in [0.717, 1.165) is 28.1 Å². The maximum Gasteiger partial charge on any atom is 0.298 e. The topological polar surface area (TPSA) is 68.0 Å². The summed E-state index contributed by atoms with van der Waals surface area (Å²) < 4.78 is 17.8. The van der Waals surface area contributed by atoms with Crippen LogP contribution in [0.2, 0.25) is 0 Å². The zero-order valence-corrected chi connectivity index (χ0v) is 16.4. The summed E-state index contributed by atoms with van der Waals surface area (Å²) in [5.41, 5.74) is 3.41. The summed E-state index contributed by atoms with van der Waals surface area (Å²) in [5, 5.41) is 9.26. The van der Waals surface area contributed by atoms with E-state index >= 15 is 0 Å². The molecule has 6 nitrogen and oxygen atoms in total. The number of fused-ring (bicyclic) bond motifs is 1. The lowest BCUT2D eigenvalue weighted by molar-refractivity contribution is 0.162. The monoisotopic (exact) mass is 402 g/mol. The van der Waals surface area contributed by atoms with Gasteiger partial charge in [-0.2, -0.15) is 4.98 Å². The SMILES string of the molecule is OCc1ccc2nc(N3CC(Oc4cccc(OCc5ccccc5)c4)C3)oc2c1. The van der Waals surface area contributed by atoms with Gasteiger partial charge in [0.2, 0.25) is 0 Å². The fraction of sp³-hybridized carbons (Fsp3) is 0.208. The van der Waals surface area contributed by atoms with E-state index in [4.69, 9.17) is 13.9 Å². The number of hydrogen-bond acceptors (Lipinski definition) is 6. The van der Waals surface area contributed by atoms with Crippen molar-refractivity contribution in [1.29, 1.82) is 0 Å². The molecular weight excluding hydrogens is 380 g/mol. The Bertz CT molecular complexity index is 1140. The van der Waals surface area contributed by atoms with Gasteiger partial charge in [0.15, 0.2) is 5.58 Å². The minimum absolute atomic E-state index is 0.0142. The predicted molar refractivity (Wildman–Crippen MR) is 114 cm³/mol. The summed E-state index contributed by atoms with van der Waals surface area (Å²) in [5.74, 6) is 1.57. The molecule has 0 atom stereocenters. The van der Waals surface area contributed by atoms with Crippen LogP contribution in [-0.2, 0) is 13.2 Å². The fourth-order valence-electron chi connectivity index (χ4n) is 3.43. The molecule has 3 aromatic carbocycles. The zero-order valence-electron chi connectivity index (χ0n) is 16.4. The molecule has 5 rings (SSSR count). The number of rotatable bonds is 7. The molecule has 1 aliphatic heterocycles. The van der Waals surface area contributed by atoms with Crippen molar-refractivity contribution in [2.75, 3.05) is 18.0 Å². The number of aliphatic hydroxyl groups is 1. The minimum atomic E-state index is -0.0142. The third-order valence-corrected chi connectivity index (χ3v) is 5.10. The largest absolute Gasteiger partial charge is 0.489 e. The van der Waals surface area contributed by atoms with E-state index in [-0.39, 0.29) is 12.7 Å². The summed E-state index contributed by atoms with van der Waals surface area (Å²) in [6, 6.07) is 23.9. The van der Waals surface area contributed by atoms with Crippen LogP contribution in [0.4, 0.5) is 6.01 Å². The lowest BCUT2D eigenvalue weighted by Gasteiger charge is -2.37. The second kappa shape index (κ2) is 8.08. The number of hydrogen-bond donors (Lipinski definition) is 1. The van der Waals surface area contributed by atoms with Gasteiger partial charge in [-0.15, -0.1) is 0 Å². The first kappa shape index (κ1) is 18.5. The van der Waals surface area contributed by atoms with Gasteiger partial charge in [-0.1, -0.05) is 42.5 Å². The molecule has 6 heteroatoms. The highest BCUT2D eigenvalue weighted by atomic mass is 16.5. The molecule has 2 heterocycles. The molecule has 1 saturated heterocycles. The average Bonchev–Trinajstić information content (AvgIpc) is 3.18. The third-order valence-electron chi connectivity index (χ3n) is 5.10. The Balaban J connectivity index is 1.17. The molecule has 1 N–H and O–H groups in total. The van der Waals surface area contributed by atoms with Gasteiger partial charge in [0.05, 0.1) is 19.7 Å². The van der Waals surface area contributed by atoms with Crippen molar-refractivity contribution < 1.29 is 19.0 Å². The van der Waals surface area contributed by atoms with Gasteiger partial charge < -0.3 is 23.9 Å². The van der Waals surface area contributed by atoms with Crippen molar-refractivity contribution >= 4 is 17.1 Å². The number of aliphatic hydroxyl groups excluding tert-OH is 1. The number of oxazole rings is 1. The van der Waals surface area contributed by atoms with E-state index in [1.54, 1.807) is 0 Å². The molecule has 0 saturated carbocycles. The van der Waals surface area contributed by atoms with Gasteiger partial charge in [-0.25, -0.2) is 0 Å². The van der Waals surface area contributed by atoms with Crippen molar-refractivity contribution in [1.82, 2.24) is 4.98 Å². The van der Waals surface area contributed by atoms with E-state index in [2.05, 4.69) is 4.98 Å². The van der Waals surface area contributed by atoms with Crippen LogP contribution >= 0.6 is 0 Å². The molecule has 0 bridgehead atoms. The molecule has 30 heavy (non-hydrogen) atoms. The van der Waals surface area contributed by atoms with E-state index < -0.39 is 0 Å². The van der Waals surface area contributed by atoms with Crippen LogP contribution in [-0.4, -0.2) is 29.3 Å². The number of aromatic nitrogens is 1. The first-order valence-corrected chi connectivity index (χ1v) is 9.95. The molecule has 0 spiro atoms. The van der Waals surface area contributed by atoms with Gasteiger partial charge in [-0.05, 0) is 35.4 Å². The van der Waals surface area contributed by atoms with Crippen molar-refractivity contribution in [3.05, 3.63) is 83.9 Å². The summed E-state index contributed by atoms with van der Waals surface area (Å²) in [6.07, 6.45) is 0.0670. The van der Waals surface area contributed by atoms with Crippen LogP contribution in [0.3, 0.4) is 0 Å². The van der Waals surface area contributed by atoms with E-state index in [1.807, 2.05) is 77.7 Å². The molecule has 0 aliphatic carbocycles. The van der Waals surface area contributed by atoms with Crippen LogP contribution in [0, 0.1) is 0 Å². The third kappa shape index (κ3) is 3.95. The standard InChI is InChI=1S/C24H22N2O4/c27-15-18-9-10-22-23(11-18)30-24(25-22)26-13-21(14-26)29-20-8-4-7-19(12-20)28-16-17-5-2-1-3-6-17/h1-12,21,27H,13-16H2. The van der Waals surface area contributed by atoms with Crippen LogP contribution in [0.25, 0.3) is 11.1 Å². The number of ether oxygens (including phenoxy) is 2. The summed E-state index contributed by atoms with van der Waals surface area (Å²) in [6.45, 7) is 1.92. The quantitative estimate of drug-likeness (QED) is 0.501.